The zero-order valence-corrected chi connectivity index (χ0v) is 28.6. The molecule has 0 aliphatic carbocycles. The first-order chi connectivity index (χ1) is 26.2. The lowest BCUT2D eigenvalue weighted by molar-refractivity contribution is 0.454. The van der Waals surface area contributed by atoms with Crippen LogP contribution in [0.5, 0.6) is 23.0 Å². The number of ether oxygens (including phenoxy) is 2. The van der Waals surface area contributed by atoms with Gasteiger partial charge in [0.25, 0.3) is 0 Å². The van der Waals surface area contributed by atoms with Crippen molar-refractivity contribution in [2.24, 2.45) is 0 Å². The van der Waals surface area contributed by atoms with Gasteiger partial charge in [0.15, 0.2) is 5.82 Å². The van der Waals surface area contributed by atoms with E-state index in [9.17, 15) is 0 Å². The number of pyridine rings is 2. The molecule has 10 aromatic rings. The Bertz CT molecular complexity index is 2780. The topological polar surface area (TPSA) is 79.9 Å². The highest BCUT2D eigenvalue weighted by molar-refractivity contribution is 6.10. The van der Waals surface area contributed by atoms with Gasteiger partial charge >= 0.3 is 0 Å². The molecule has 0 spiro atoms. The van der Waals surface area contributed by atoms with Crippen LogP contribution >= 0.6 is 0 Å². The fraction of sp³-hybridized carbons (Fsp3) is 0.0222. The molecule has 10 rings (SSSR count). The minimum atomic E-state index is 0.568. The zero-order chi connectivity index (χ0) is 35.3. The maximum absolute atomic E-state index is 6.75. The van der Waals surface area contributed by atoms with Gasteiger partial charge in [-0.2, -0.15) is 0 Å². The van der Waals surface area contributed by atoms with Crippen LogP contribution in [0.1, 0.15) is 5.56 Å². The molecule has 252 valence electrons. The molecule has 0 saturated heterocycles. The van der Waals surface area contributed by atoms with Crippen molar-refractivity contribution < 1.29 is 9.47 Å². The van der Waals surface area contributed by atoms with Crippen LogP contribution in [0.2, 0.25) is 0 Å². The van der Waals surface area contributed by atoms with Gasteiger partial charge in [-0.15, -0.1) is 0 Å². The summed E-state index contributed by atoms with van der Waals surface area (Å²) in [6, 6.07) is 46.8. The molecule has 0 saturated carbocycles. The van der Waals surface area contributed by atoms with Crippen LogP contribution in [0.3, 0.4) is 0 Å². The maximum atomic E-state index is 6.75. The summed E-state index contributed by atoms with van der Waals surface area (Å²) in [5, 5.41) is 4.52. The van der Waals surface area contributed by atoms with E-state index in [4.69, 9.17) is 9.47 Å². The Morgan fingerprint density at radius 1 is 0.415 bits per heavy atom. The summed E-state index contributed by atoms with van der Waals surface area (Å²) in [7, 11) is 0. The molecule has 5 aromatic heterocycles. The van der Waals surface area contributed by atoms with Crippen molar-refractivity contribution in [1.82, 2.24) is 29.1 Å². The minimum absolute atomic E-state index is 0.568. The molecular formula is C45H30N6O2. The Labute approximate surface area is 304 Å². The number of benzene rings is 5. The first-order valence-electron chi connectivity index (χ1n) is 17.4. The molecule has 5 heterocycles. The van der Waals surface area contributed by atoms with Crippen LogP contribution in [-0.2, 0) is 0 Å². The second-order valence-electron chi connectivity index (χ2n) is 12.8. The fourth-order valence-electron chi connectivity index (χ4n) is 7.20. The smallest absolute Gasteiger partial charge is 0.159 e. The Balaban J connectivity index is 1.09. The summed E-state index contributed by atoms with van der Waals surface area (Å²) in [6.45, 7) is 2.01. The van der Waals surface area contributed by atoms with Gasteiger partial charge in [0, 0.05) is 69.6 Å². The lowest BCUT2D eigenvalue weighted by Crippen LogP contribution is -1.98. The van der Waals surface area contributed by atoms with Gasteiger partial charge < -0.3 is 9.47 Å². The second kappa shape index (κ2) is 12.5. The number of hydrogen-bond acceptors (Lipinski definition) is 6. The summed E-state index contributed by atoms with van der Waals surface area (Å²) < 4.78 is 17.8. The molecule has 0 unspecified atom stereocenters. The number of nitrogens with zero attached hydrogens (tertiary/aromatic N) is 6. The third-order valence-corrected chi connectivity index (χ3v) is 9.64. The molecular weight excluding hydrogens is 657 g/mol. The van der Waals surface area contributed by atoms with E-state index in [1.807, 2.05) is 80.0 Å². The first-order valence-corrected chi connectivity index (χ1v) is 17.4. The molecule has 0 amide bonds. The van der Waals surface area contributed by atoms with Crippen molar-refractivity contribution >= 4 is 43.6 Å². The van der Waals surface area contributed by atoms with E-state index in [1.165, 1.54) is 0 Å². The van der Waals surface area contributed by atoms with Crippen molar-refractivity contribution in [3.05, 3.63) is 170 Å². The Morgan fingerprint density at radius 2 is 0.868 bits per heavy atom. The number of aromatic nitrogens is 6. The standard InChI is InChI=1S/C45H30N6O2/c1-29-41(52-31-17-19-35-33-11-2-4-13-37(33)50(39(35)27-31)43-15-6-8-21-46-43)25-30(45-48-23-10-24-49-45)26-42(29)53-32-18-20-36-34-12-3-5-14-38(34)51(40(36)28-32)44-16-7-9-22-47-44/h2-28H,1H3. The van der Waals surface area contributed by atoms with Gasteiger partial charge in [-0.1, -0.05) is 48.5 Å². The molecule has 0 aliphatic rings. The van der Waals surface area contributed by atoms with Crippen LogP contribution in [0.4, 0.5) is 0 Å². The molecule has 8 heteroatoms. The molecule has 53 heavy (non-hydrogen) atoms. The van der Waals surface area contributed by atoms with E-state index in [-0.39, 0.29) is 0 Å². The van der Waals surface area contributed by atoms with E-state index in [2.05, 4.69) is 102 Å². The predicted molar refractivity (Wildman–Crippen MR) is 210 cm³/mol. The van der Waals surface area contributed by atoms with E-state index in [1.54, 1.807) is 18.5 Å². The average molecular weight is 687 g/mol. The van der Waals surface area contributed by atoms with Crippen molar-refractivity contribution in [3.8, 4) is 46.0 Å². The second-order valence-corrected chi connectivity index (χ2v) is 12.8. The third-order valence-electron chi connectivity index (χ3n) is 9.64. The van der Waals surface area contributed by atoms with Crippen LogP contribution < -0.4 is 9.47 Å². The highest BCUT2D eigenvalue weighted by Gasteiger charge is 2.19. The summed E-state index contributed by atoms with van der Waals surface area (Å²) in [5.74, 6) is 4.87. The summed E-state index contributed by atoms with van der Waals surface area (Å²) in [4.78, 5) is 18.5. The molecule has 0 radical (unpaired) electrons. The van der Waals surface area contributed by atoms with E-state index in [0.717, 1.165) is 66.4 Å². The van der Waals surface area contributed by atoms with Crippen LogP contribution in [0.15, 0.2) is 164 Å². The molecule has 0 atom stereocenters. The highest BCUT2D eigenvalue weighted by atomic mass is 16.5. The largest absolute Gasteiger partial charge is 0.457 e. The van der Waals surface area contributed by atoms with Crippen LogP contribution in [0, 0.1) is 6.92 Å². The number of rotatable bonds is 7. The van der Waals surface area contributed by atoms with Crippen LogP contribution in [0.25, 0.3) is 66.6 Å². The van der Waals surface area contributed by atoms with E-state index in [0.29, 0.717) is 28.8 Å². The Hall–Kier alpha value is -7.32. The Kier molecular flexibility index (Phi) is 7.18. The number of fused-ring (bicyclic) bond motifs is 6. The first kappa shape index (κ1) is 30.5. The zero-order valence-electron chi connectivity index (χ0n) is 28.6. The fourth-order valence-corrected chi connectivity index (χ4v) is 7.20. The van der Waals surface area contributed by atoms with Gasteiger partial charge in [-0.25, -0.2) is 19.9 Å². The average Bonchev–Trinajstić information content (AvgIpc) is 3.72. The predicted octanol–water partition coefficient (Wildman–Crippen LogP) is 11.0. The van der Waals surface area contributed by atoms with Crippen molar-refractivity contribution in [3.63, 3.8) is 0 Å². The number of para-hydroxylation sites is 2. The summed E-state index contributed by atoms with van der Waals surface area (Å²) in [6.07, 6.45) is 7.10. The van der Waals surface area contributed by atoms with Gasteiger partial charge in [0.05, 0.1) is 22.1 Å². The SMILES string of the molecule is Cc1c(Oc2ccc3c4ccccc4n(-c4ccccn4)c3c2)cc(-c2ncccn2)cc1Oc1ccc2c3ccccc3n(-c3ccccn3)c2c1. The Morgan fingerprint density at radius 3 is 1.36 bits per heavy atom. The summed E-state index contributed by atoms with van der Waals surface area (Å²) in [5.41, 5.74) is 5.75. The van der Waals surface area contributed by atoms with Crippen LogP contribution in [-0.4, -0.2) is 29.1 Å². The van der Waals surface area contributed by atoms with Crippen molar-refractivity contribution in [1.29, 1.82) is 0 Å². The third kappa shape index (κ3) is 5.24. The molecule has 0 bridgehead atoms. The van der Waals surface area contributed by atoms with Crippen molar-refractivity contribution in [2.45, 2.75) is 6.92 Å². The molecule has 0 aliphatic heterocycles. The monoisotopic (exact) mass is 686 g/mol. The maximum Gasteiger partial charge on any atom is 0.159 e. The van der Waals surface area contributed by atoms with Gasteiger partial charge in [-0.3, -0.25) is 9.13 Å². The molecule has 8 nitrogen and oxygen atoms in total. The highest BCUT2D eigenvalue weighted by Crippen LogP contribution is 2.41. The van der Waals surface area contributed by atoms with E-state index < -0.39 is 0 Å². The number of hydrogen-bond donors (Lipinski definition) is 0. The van der Waals surface area contributed by atoms with Gasteiger partial charge in [0.2, 0.25) is 0 Å². The van der Waals surface area contributed by atoms with E-state index >= 15 is 0 Å². The molecule has 5 aromatic carbocycles. The normalized spacial score (nSPS) is 11.5. The quantitative estimate of drug-likeness (QED) is 0.166. The summed E-state index contributed by atoms with van der Waals surface area (Å²) >= 11 is 0. The molecule has 0 N–H and O–H groups in total. The lowest BCUT2D eigenvalue weighted by Gasteiger charge is -2.16. The minimum Gasteiger partial charge on any atom is -0.457 e. The van der Waals surface area contributed by atoms with Gasteiger partial charge in [-0.05, 0) is 85.8 Å². The molecule has 0 fully saturated rings. The van der Waals surface area contributed by atoms with Gasteiger partial charge in [0.1, 0.15) is 34.6 Å². The van der Waals surface area contributed by atoms with Crippen molar-refractivity contribution in [2.75, 3.05) is 0 Å². The lowest BCUT2D eigenvalue weighted by atomic mass is 10.1.